The number of aromatic nitrogens is 2. The molecule has 1 aliphatic rings. The number of imidazole rings is 1. The summed E-state index contributed by atoms with van der Waals surface area (Å²) in [5, 5.41) is 9.32. The Morgan fingerprint density at radius 2 is 2.27 bits per heavy atom. The van der Waals surface area contributed by atoms with E-state index in [0.29, 0.717) is 12.8 Å². The highest BCUT2D eigenvalue weighted by Crippen LogP contribution is 2.39. The fraction of sp³-hybridized carbons (Fsp3) is 0.364. The van der Waals surface area contributed by atoms with Crippen molar-refractivity contribution in [2.75, 3.05) is 0 Å². The lowest BCUT2D eigenvalue weighted by Crippen LogP contribution is -2.51. The number of nitrogens with zero attached hydrogens (tertiary/aromatic N) is 1. The Kier molecular flexibility index (Phi) is 1.66. The zero-order valence-electron chi connectivity index (χ0n) is 8.27. The lowest BCUT2D eigenvalue weighted by atomic mass is 9.70. The first-order valence-electron chi connectivity index (χ1n) is 5.08. The van der Waals surface area contributed by atoms with Crippen molar-refractivity contribution in [3.05, 3.63) is 30.1 Å². The molecule has 1 fully saturated rings. The molecule has 2 aromatic rings. The Morgan fingerprint density at radius 1 is 1.47 bits per heavy atom. The van der Waals surface area contributed by atoms with Gasteiger partial charge in [0.1, 0.15) is 0 Å². The zero-order chi connectivity index (χ0) is 10.5. The largest absolute Gasteiger partial charge is 0.393 e. The molecule has 1 aromatic heterocycles. The van der Waals surface area contributed by atoms with Crippen LogP contribution in [-0.4, -0.2) is 21.2 Å². The number of nitrogens with two attached hydrogens (primary N) is 1. The van der Waals surface area contributed by atoms with Gasteiger partial charge in [0.25, 0.3) is 0 Å². The number of fused-ring (bicyclic) bond motifs is 1. The molecule has 1 saturated carbocycles. The molecule has 0 aliphatic heterocycles. The van der Waals surface area contributed by atoms with Crippen LogP contribution in [0.4, 0.5) is 0 Å². The zero-order valence-corrected chi connectivity index (χ0v) is 8.27. The van der Waals surface area contributed by atoms with Crippen LogP contribution >= 0.6 is 0 Å². The minimum Gasteiger partial charge on any atom is -0.393 e. The van der Waals surface area contributed by atoms with Crippen LogP contribution < -0.4 is 5.73 Å². The van der Waals surface area contributed by atoms with Crippen molar-refractivity contribution < 1.29 is 5.11 Å². The van der Waals surface area contributed by atoms with Crippen molar-refractivity contribution in [1.29, 1.82) is 0 Å². The molecule has 3 rings (SSSR count). The Labute approximate surface area is 87.1 Å². The molecule has 1 aromatic carbocycles. The van der Waals surface area contributed by atoms with Gasteiger partial charge < -0.3 is 15.8 Å². The van der Waals surface area contributed by atoms with Gasteiger partial charge in [-0.2, -0.15) is 0 Å². The molecule has 0 atom stereocenters. The monoisotopic (exact) mass is 203 g/mol. The summed E-state index contributed by atoms with van der Waals surface area (Å²) in [6.07, 6.45) is 2.72. The first kappa shape index (κ1) is 8.88. The van der Waals surface area contributed by atoms with Crippen molar-refractivity contribution >= 4 is 11.0 Å². The fourth-order valence-electron chi connectivity index (χ4n) is 2.26. The highest BCUT2D eigenvalue weighted by molar-refractivity contribution is 5.75. The molecule has 4 heteroatoms. The molecule has 4 N–H and O–H groups in total. The van der Waals surface area contributed by atoms with Crippen molar-refractivity contribution in [3.63, 3.8) is 0 Å². The van der Waals surface area contributed by atoms with Crippen molar-refractivity contribution in [2.45, 2.75) is 24.5 Å². The number of hydrogen-bond donors (Lipinski definition) is 3. The molecule has 0 bridgehead atoms. The van der Waals surface area contributed by atoms with Crippen LogP contribution in [0.3, 0.4) is 0 Å². The molecule has 0 unspecified atom stereocenters. The second-order valence-corrected chi connectivity index (χ2v) is 4.35. The second kappa shape index (κ2) is 2.81. The quantitative estimate of drug-likeness (QED) is 0.643. The molecule has 0 radical (unpaired) electrons. The summed E-state index contributed by atoms with van der Waals surface area (Å²) in [7, 11) is 0. The van der Waals surface area contributed by atoms with Gasteiger partial charge in [-0.3, -0.25) is 0 Å². The summed E-state index contributed by atoms with van der Waals surface area (Å²) in [5.41, 5.74) is 8.85. The molecule has 0 spiro atoms. The van der Waals surface area contributed by atoms with Gasteiger partial charge in [0, 0.05) is 5.54 Å². The number of H-pyrrole nitrogens is 1. The van der Waals surface area contributed by atoms with Gasteiger partial charge in [-0.1, -0.05) is 6.07 Å². The van der Waals surface area contributed by atoms with E-state index in [0.717, 1.165) is 16.6 Å². The van der Waals surface area contributed by atoms with E-state index in [4.69, 9.17) is 5.73 Å². The molecular weight excluding hydrogens is 190 g/mol. The minimum atomic E-state index is -0.348. The fourth-order valence-corrected chi connectivity index (χ4v) is 2.26. The predicted molar refractivity (Wildman–Crippen MR) is 57.2 cm³/mol. The van der Waals surface area contributed by atoms with Crippen LogP contribution in [0.1, 0.15) is 18.4 Å². The van der Waals surface area contributed by atoms with Crippen molar-refractivity contribution in [2.24, 2.45) is 5.73 Å². The molecule has 78 valence electrons. The van der Waals surface area contributed by atoms with E-state index < -0.39 is 0 Å². The summed E-state index contributed by atoms with van der Waals surface area (Å²) in [5.74, 6) is 0. The van der Waals surface area contributed by atoms with Crippen LogP contribution in [-0.2, 0) is 5.54 Å². The summed E-state index contributed by atoms with van der Waals surface area (Å²) in [4.78, 5) is 7.22. The van der Waals surface area contributed by atoms with Gasteiger partial charge in [0.2, 0.25) is 0 Å². The Balaban J connectivity index is 2.04. The molecule has 1 heterocycles. The van der Waals surface area contributed by atoms with Gasteiger partial charge in [-0.25, -0.2) is 4.98 Å². The summed E-state index contributed by atoms with van der Waals surface area (Å²) < 4.78 is 0. The summed E-state index contributed by atoms with van der Waals surface area (Å²) in [6, 6.07) is 5.98. The maximum atomic E-state index is 9.32. The van der Waals surface area contributed by atoms with Crippen molar-refractivity contribution in [3.8, 4) is 0 Å². The maximum Gasteiger partial charge on any atom is 0.0931 e. The standard InChI is InChI=1S/C11H13N3O/c12-11(4-8(15)5-11)7-1-2-9-10(3-7)14-6-13-9/h1-3,6,8,15H,4-5,12H2,(H,13,14). The maximum absolute atomic E-state index is 9.32. The van der Waals surface area contributed by atoms with Gasteiger partial charge >= 0.3 is 0 Å². The molecule has 1 aliphatic carbocycles. The first-order chi connectivity index (χ1) is 7.17. The van der Waals surface area contributed by atoms with E-state index >= 15 is 0 Å². The highest BCUT2D eigenvalue weighted by Gasteiger charge is 2.41. The van der Waals surface area contributed by atoms with Crippen LogP contribution in [0.25, 0.3) is 11.0 Å². The third kappa shape index (κ3) is 1.26. The number of aromatic amines is 1. The van der Waals surface area contributed by atoms with Gasteiger partial charge in [0.15, 0.2) is 0 Å². The lowest BCUT2D eigenvalue weighted by Gasteiger charge is -2.42. The van der Waals surface area contributed by atoms with E-state index in [-0.39, 0.29) is 11.6 Å². The molecule has 4 nitrogen and oxygen atoms in total. The number of aliphatic hydroxyl groups excluding tert-OH is 1. The first-order valence-corrected chi connectivity index (χ1v) is 5.08. The summed E-state index contributed by atoms with van der Waals surface area (Å²) in [6.45, 7) is 0. The SMILES string of the molecule is NC1(c2ccc3nc[nH]c3c2)CC(O)C1. The minimum absolute atomic E-state index is 0.243. The Hall–Kier alpha value is -1.39. The average Bonchev–Trinajstić information content (AvgIpc) is 2.61. The van der Waals surface area contributed by atoms with Crippen LogP contribution in [0.15, 0.2) is 24.5 Å². The molecule has 0 saturated heterocycles. The van der Waals surface area contributed by atoms with Gasteiger partial charge in [-0.05, 0) is 30.5 Å². The van der Waals surface area contributed by atoms with Crippen LogP contribution in [0.5, 0.6) is 0 Å². The molecule has 15 heavy (non-hydrogen) atoms. The summed E-state index contributed by atoms with van der Waals surface area (Å²) >= 11 is 0. The van der Waals surface area contributed by atoms with E-state index in [1.165, 1.54) is 0 Å². The Morgan fingerprint density at radius 3 is 3.00 bits per heavy atom. The number of aliphatic hydroxyl groups is 1. The third-order valence-corrected chi connectivity index (χ3v) is 3.19. The predicted octanol–water partition coefficient (Wildman–Crippen LogP) is 0.872. The van der Waals surface area contributed by atoms with Crippen LogP contribution in [0.2, 0.25) is 0 Å². The average molecular weight is 203 g/mol. The number of hydrogen-bond acceptors (Lipinski definition) is 3. The van der Waals surface area contributed by atoms with Crippen molar-refractivity contribution in [1.82, 2.24) is 9.97 Å². The third-order valence-electron chi connectivity index (χ3n) is 3.19. The number of benzene rings is 1. The van der Waals surface area contributed by atoms with Gasteiger partial charge in [-0.15, -0.1) is 0 Å². The molecular formula is C11H13N3O. The molecule has 0 amide bonds. The topological polar surface area (TPSA) is 74.9 Å². The van der Waals surface area contributed by atoms with E-state index in [9.17, 15) is 5.11 Å². The van der Waals surface area contributed by atoms with E-state index in [2.05, 4.69) is 9.97 Å². The second-order valence-electron chi connectivity index (χ2n) is 4.35. The van der Waals surface area contributed by atoms with Crippen LogP contribution in [0, 0.1) is 0 Å². The lowest BCUT2D eigenvalue weighted by molar-refractivity contribution is 0.0210. The highest BCUT2D eigenvalue weighted by atomic mass is 16.3. The number of rotatable bonds is 1. The Bertz CT molecular complexity index is 499. The normalized spacial score (nSPS) is 30.4. The smallest absolute Gasteiger partial charge is 0.0931 e. The van der Waals surface area contributed by atoms with E-state index in [1.54, 1.807) is 6.33 Å². The number of nitrogens with one attached hydrogen (secondary N) is 1. The van der Waals surface area contributed by atoms with Gasteiger partial charge in [0.05, 0.1) is 23.5 Å². The van der Waals surface area contributed by atoms with E-state index in [1.807, 2.05) is 18.2 Å².